The predicted octanol–water partition coefficient (Wildman–Crippen LogP) is 5.49. The first-order valence-corrected chi connectivity index (χ1v) is 11.5. The van der Waals surface area contributed by atoms with Gasteiger partial charge in [-0.2, -0.15) is 0 Å². The first-order valence-electron chi connectivity index (χ1n) is 11.5. The van der Waals surface area contributed by atoms with Gasteiger partial charge in [0.1, 0.15) is 35.7 Å². The van der Waals surface area contributed by atoms with E-state index in [1.54, 1.807) is 30.3 Å². The quantitative estimate of drug-likeness (QED) is 0.505. The van der Waals surface area contributed by atoms with Gasteiger partial charge < -0.3 is 19.7 Å². The second kappa shape index (κ2) is 9.20. The van der Waals surface area contributed by atoms with Gasteiger partial charge in [-0.05, 0) is 65.6 Å². The maximum atomic E-state index is 10.0. The van der Waals surface area contributed by atoms with E-state index in [0.29, 0.717) is 12.4 Å². The molecule has 1 saturated heterocycles. The number of aromatic hydroxyl groups is 2. The number of hydrogen-bond acceptors (Lipinski definition) is 5. The smallest absolute Gasteiger partial charge is 0.149 e. The van der Waals surface area contributed by atoms with Crippen molar-refractivity contribution in [3.63, 3.8) is 0 Å². The number of phenolic OH excluding ortho intramolecular Hbond substituents is 2. The third kappa shape index (κ3) is 4.69. The summed E-state index contributed by atoms with van der Waals surface area (Å²) in [5.74, 6) is 2.79. The van der Waals surface area contributed by atoms with E-state index >= 15 is 0 Å². The number of benzene rings is 3. The highest BCUT2D eigenvalue weighted by Gasteiger charge is 2.27. The van der Waals surface area contributed by atoms with E-state index in [9.17, 15) is 10.2 Å². The van der Waals surface area contributed by atoms with E-state index < -0.39 is 0 Å². The average molecular weight is 444 g/mol. The summed E-state index contributed by atoms with van der Waals surface area (Å²) in [6.07, 6.45) is 2.93. The molecule has 0 aromatic heterocycles. The largest absolute Gasteiger partial charge is 0.508 e. The fraction of sp³-hybridized carbons (Fsp3) is 0.286. The summed E-state index contributed by atoms with van der Waals surface area (Å²) in [5.41, 5.74) is 3.58. The number of fused-ring (bicyclic) bond motifs is 1. The lowest BCUT2D eigenvalue weighted by Gasteiger charge is -2.38. The molecule has 5 nitrogen and oxygen atoms in total. The number of phenols is 2. The average Bonchev–Trinajstić information content (AvgIpc) is 2.80. The van der Waals surface area contributed by atoms with E-state index in [-0.39, 0.29) is 17.6 Å². The summed E-state index contributed by atoms with van der Waals surface area (Å²) in [6.45, 7) is 6.25. The summed E-state index contributed by atoms with van der Waals surface area (Å²) in [4.78, 5) is 2.43. The Morgan fingerprint density at radius 1 is 0.970 bits per heavy atom. The van der Waals surface area contributed by atoms with Gasteiger partial charge in [0.15, 0.2) is 0 Å². The van der Waals surface area contributed by atoms with Gasteiger partial charge in [0.05, 0.1) is 0 Å². The van der Waals surface area contributed by atoms with Gasteiger partial charge in [-0.1, -0.05) is 37.6 Å². The van der Waals surface area contributed by atoms with Gasteiger partial charge in [-0.25, -0.2) is 0 Å². The molecule has 170 valence electrons. The summed E-state index contributed by atoms with van der Waals surface area (Å²) in [6, 6.07) is 20.3. The number of rotatable bonds is 7. The summed E-state index contributed by atoms with van der Waals surface area (Å²) in [7, 11) is 0. The Bertz CT molecular complexity index is 1150. The minimum absolute atomic E-state index is 0.187. The van der Waals surface area contributed by atoms with E-state index in [0.717, 1.165) is 40.5 Å². The topological polar surface area (TPSA) is 62.2 Å². The zero-order valence-corrected chi connectivity index (χ0v) is 18.8. The van der Waals surface area contributed by atoms with E-state index in [1.807, 2.05) is 42.5 Å². The van der Waals surface area contributed by atoms with Gasteiger partial charge in [0.25, 0.3) is 0 Å². The van der Waals surface area contributed by atoms with E-state index in [1.165, 1.54) is 19.5 Å². The van der Waals surface area contributed by atoms with Crippen LogP contribution < -0.4 is 9.47 Å². The maximum Gasteiger partial charge on any atom is 0.149 e. The van der Waals surface area contributed by atoms with Gasteiger partial charge in [0.2, 0.25) is 0 Å². The van der Waals surface area contributed by atoms with Crippen LogP contribution in [0.5, 0.6) is 23.0 Å². The minimum Gasteiger partial charge on any atom is -0.508 e. The molecule has 2 aliphatic heterocycles. The fourth-order valence-corrected chi connectivity index (χ4v) is 4.51. The van der Waals surface area contributed by atoms with Crippen molar-refractivity contribution >= 4 is 11.6 Å². The molecule has 0 amide bonds. The molecule has 0 aliphatic carbocycles. The van der Waals surface area contributed by atoms with Crippen LogP contribution in [-0.4, -0.2) is 41.4 Å². The molecular formula is C28H29NO4. The van der Waals surface area contributed by atoms with Crippen molar-refractivity contribution in [1.82, 2.24) is 4.90 Å². The van der Waals surface area contributed by atoms with Crippen LogP contribution in [0.1, 0.15) is 36.1 Å². The Labute approximate surface area is 194 Å². The molecule has 33 heavy (non-hydrogen) atoms. The molecule has 0 saturated carbocycles. The standard InChI is InChI=1S/C28H29NO4/c1-2-19-17-29(18-19)12-13-32-25-9-6-20(7-10-25)28-26(21-4-3-5-23(30)14-21)16-22-15-24(31)8-11-27(22)33-28/h3-11,14-16,19,28,30-31H,2,12-13,17-18H2,1H3/t28-/m1/s1. The molecule has 0 spiro atoms. The Kier molecular flexibility index (Phi) is 5.97. The van der Waals surface area contributed by atoms with Crippen molar-refractivity contribution in [1.29, 1.82) is 0 Å². The summed E-state index contributed by atoms with van der Waals surface area (Å²) >= 11 is 0. The Hall–Kier alpha value is -3.44. The number of likely N-dealkylation sites (tertiary alicyclic amines) is 1. The molecule has 2 heterocycles. The first kappa shape index (κ1) is 21.4. The normalized spacial score (nSPS) is 18.1. The van der Waals surface area contributed by atoms with Crippen LogP contribution in [0.25, 0.3) is 11.6 Å². The zero-order chi connectivity index (χ0) is 22.8. The second-order valence-corrected chi connectivity index (χ2v) is 8.82. The van der Waals surface area contributed by atoms with Crippen molar-refractivity contribution in [2.75, 3.05) is 26.2 Å². The minimum atomic E-state index is -0.343. The molecule has 2 aliphatic rings. The van der Waals surface area contributed by atoms with Crippen LogP contribution in [0.2, 0.25) is 0 Å². The van der Waals surface area contributed by atoms with Crippen LogP contribution in [0.15, 0.2) is 66.7 Å². The lowest BCUT2D eigenvalue weighted by molar-refractivity contribution is 0.0806. The van der Waals surface area contributed by atoms with Crippen molar-refractivity contribution in [3.8, 4) is 23.0 Å². The molecule has 1 fully saturated rings. The monoisotopic (exact) mass is 443 g/mol. The molecule has 0 radical (unpaired) electrons. The first-order chi connectivity index (χ1) is 16.1. The van der Waals surface area contributed by atoms with Crippen molar-refractivity contribution in [3.05, 3.63) is 83.4 Å². The van der Waals surface area contributed by atoms with E-state index in [2.05, 4.69) is 11.8 Å². The zero-order valence-electron chi connectivity index (χ0n) is 18.8. The molecule has 0 bridgehead atoms. The van der Waals surface area contributed by atoms with E-state index in [4.69, 9.17) is 9.47 Å². The highest BCUT2D eigenvalue weighted by molar-refractivity contribution is 5.88. The van der Waals surface area contributed by atoms with Crippen LogP contribution in [-0.2, 0) is 0 Å². The molecule has 1 atom stereocenters. The van der Waals surface area contributed by atoms with Crippen molar-refractivity contribution in [2.24, 2.45) is 5.92 Å². The SMILES string of the molecule is CCC1CN(CCOc2ccc([C@H]3Oc4ccc(O)cc4C=C3c3cccc(O)c3)cc2)C1. The van der Waals surface area contributed by atoms with Crippen LogP contribution >= 0.6 is 0 Å². The molecule has 5 heteroatoms. The lowest BCUT2D eigenvalue weighted by atomic mass is 9.91. The van der Waals surface area contributed by atoms with Crippen LogP contribution in [0, 0.1) is 5.92 Å². The highest BCUT2D eigenvalue weighted by Crippen LogP contribution is 2.43. The number of hydrogen-bond donors (Lipinski definition) is 2. The fourth-order valence-electron chi connectivity index (χ4n) is 4.51. The van der Waals surface area contributed by atoms with Crippen molar-refractivity contribution < 1.29 is 19.7 Å². The second-order valence-electron chi connectivity index (χ2n) is 8.82. The molecule has 3 aromatic rings. The van der Waals surface area contributed by atoms with Gasteiger partial charge in [-0.3, -0.25) is 4.90 Å². The predicted molar refractivity (Wildman–Crippen MR) is 130 cm³/mol. The number of nitrogens with zero attached hydrogens (tertiary/aromatic N) is 1. The highest BCUT2D eigenvalue weighted by atomic mass is 16.5. The van der Waals surface area contributed by atoms with Crippen LogP contribution in [0.4, 0.5) is 0 Å². The maximum absolute atomic E-state index is 10.0. The Morgan fingerprint density at radius 3 is 2.52 bits per heavy atom. The van der Waals surface area contributed by atoms with Gasteiger partial charge >= 0.3 is 0 Å². The summed E-state index contributed by atoms with van der Waals surface area (Å²) < 4.78 is 12.3. The lowest BCUT2D eigenvalue weighted by Crippen LogP contribution is -2.47. The van der Waals surface area contributed by atoms with Crippen LogP contribution in [0.3, 0.4) is 0 Å². The third-order valence-electron chi connectivity index (χ3n) is 6.48. The van der Waals surface area contributed by atoms with Gasteiger partial charge in [-0.15, -0.1) is 0 Å². The molecule has 3 aromatic carbocycles. The molecule has 2 N–H and O–H groups in total. The molecule has 5 rings (SSSR count). The van der Waals surface area contributed by atoms with Gasteiger partial charge in [0, 0.05) is 30.8 Å². The Balaban J connectivity index is 1.34. The number of ether oxygens (including phenoxy) is 2. The molecule has 0 unspecified atom stereocenters. The Morgan fingerprint density at radius 2 is 1.76 bits per heavy atom. The van der Waals surface area contributed by atoms with Crippen molar-refractivity contribution in [2.45, 2.75) is 19.4 Å². The molecular weight excluding hydrogens is 414 g/mol. The summed E-state index contributed by atoms with van der Waals surface area (Å²) in [5, 5.41) is 19.9. The third-order valence-corrected chi connectivity index (χ3v) is 6.48.